The highest BCUT2D eigenvalue weighted by molar-refractivity contribution is 5.77. The van der Waals surface area contributed by atoms with Crippen LogP contribution >= 0.6 is 0 Å². The summed E-state index contributed by atoms with van der Waals surface area (Å²) in [6, 6.07) is 0. The maximum atomic E-state index is 12.1. The number of ether oxygens (including phenoxy) is 2. The second-order valence-electron chi connectivity index (χ2n) is 6.32. The standard InChI is InChI=1S/C16H25N3O3/c1-18(16(20)12-21-11-14-3-2-8-22-14)10-13-4-6-19-7-5-17-15(19)9-13/h5,7,13-14H,2-4,6,8-12H2,1H3. The van der Waals surface area contributed by atoms with Gasteiger partial charge in [0.15, 0.2) is 0 Å². The Kier molecular flexibility index (Phi) is 5.10. The quantitative estimate of drug-likeness (QED) is 0.790. The highest BCUT2D eigenvalue weighted by atomic mass is 16.5. The van der Waals surface area contributed by atoms with Crippen molar-refractivity contribution in [1.82, 2.24) is 14.5 Å². The van der Waals surface area contributed by atoms with Gasteiger partial charge in [0.2, 0.25) is 5.91 Å². The van der Waals surface area contributed by atoms with Crippen LogP contribution in [0, 0.1) is 5.92 Å². The van der Waals surface area contributed by atoms with Crippen LogP contribution in [0.5, 0.6) is 0 Å². The summed E-state index contributed by atoms with van der Waals surface area (Å²) in [6.45, 7) is 3.27. The van der Waals surface area contributed by atoms with Gasteiger partial charge in [-0.1, -0.05) is 0 Å². The molecule has 22 heavy (non-hydrogen) atoms. The Balaban J connectivity index is 1.38. The van der Waals surface area contributed by atoms with Gasteiger partial charge in [0.25, 0.3) is 0 Å². The van der Waals surface area contributed by atoms with Crippen LogP contribution in [0.4, 0.5) is 0 Å². The molecule has 1 amide bonds. The van der Waals surface area contributed by atoms with Gasteiger partial charge in [-0.15, -0.1) is 0 Å². The van der Waals surface area contributed by atoms with E-state index in [0.717, 1.165) is 51.2 Å². The fourth-order valence-corrected chi connectivity index (χ4v) is 3.22. The maximum Gasteiger partial charge on any atom is 0.248 e. The Hall–Kier alpha value is -1.40. The Morgan fingerprint density at radius 1 is 1.55 bits per heavy atom. The molecule has 0 saturated carbocycles. The van der Waals surface area contributed by atoms with Gasteiger partial charge in [-0.25, -0.2) is 4.98 Å². The summed E-state index contributed by atoms with van der Waals surface area (Å²) in [7, 11) is 1.86. The molecular formula is C16H25N3O3. The summed E-state index contributed by atoms with van der Waals surface area (Å²) < 4.78 is 13.2. The number of imidazole rings is 1. The second kappa shape index (κ2) is 7.24. The van der Waals surface area contributed by atoms with Crippen LogP contribution in [0.25, 0.3) is 0 Å². The smallest absolute Gasteiger partial charge is 0.248 e. The summed E-state index contributed by atoms with van der Waals surface area (Å²) >= 11 is 0. The molecule has 1 aromatic heterocycles. The van der Waals surface area contributed by atoms with E-state index in [0.29, 0.717) is 12.5 Å². The Morgan fingerprint density at radius 3 is 3.27 bits per heavy atom. The molecule has 0 aromatic carbocycles. The molecule has 0 aliphatic carbocycles. The number of hydrogen-bond donors (Lipinski definition) is 0. The first-order chi connectivity index (χ1) is 10.7. The van der Waals surface area contributed by atoms with Crippen LogP contribution in [-0.2, 0) is 27.2 Å². The number of fused-ring (bicyclic) bond motifs is 1. The van der Waals surface area contributed by atoms with E-state index < -0.39 is 0 Å². The molecule has 6 heteroatoms. The predicted molar refractivity (Wildman–Crippen MR) is 81.5 cm³/mol. The Labute approximate surface area is 131 Å². The first kappa shape index (κ1) is 15.5. The predicted octanol–water partition coefficient (Wildman–Crippen LogP) is 1.10. The molecule has 3 heterocycles. The number of likely N-dealkylation sites (N-methyl/N-ethyl adjacent to an activating group) is 1. The van der Waals surface area contributed by atoms with Gasteiger partial charge in [0.1, 0.15) is 12.4 Å². The number of rotatable bonds is 6. The van der Waals surface area contributed by atoms with Crippen LogP contribution in [0.1, 0.15) is 25.1 Å². The van der Waals surface area contributed by atoms with Crippen molar-refractivity contribution in [2.45, 2.75) is 38.3 Å². The molecule has 6 nitrogen and oxygen atoms in total. The fourth-order valence-electron chi connectivity index (χ4n) is 3.22. The van der Waals surface area contributed by atoms with Crippen LogP contribution in [0.2, 0.25) is 0 Å². The molecule has 1 fully saturated rings. The van der Waals surface area contributed by atoms with E-state index in [-0.39, 0.29) is 18.6 Å². The number of carbonyl (C=O) groups is 1. The highest BCUT2D eigenvalue weighted by Crippen LogP contribution is 2.19. The molecule has 2 unspecified atom stereocenters. The first-order valence-electron chi connectivity index (χ1n) is 8.15. The molecular weight excluding hydrogens is 282 g/mol. The monoisotopic (exact) mass is 307 g/mol. The van der Waals surface area contributed by atoms with Gasteiger partial charge < -0.3 is 18.9 Å². The fraction of sp³-hybridized carbons (Fsp3) is 0.750. The zero-order valence-corrected chi connectivity index (χ0v) is 13.2. The summed E-state index contributed by atoms with van der Waals surface area (Å²) in [4.78, 5) is 18.3. The maximum absolute atomic E-state index is 12.1. The molecule has 0 N–H and O–H groups in total. The lowest BCUT2D eigenvalue weighted by Crippen LogP contribution is -2.37. The number of hydrogen-bond acceptors (Lipinski definition) is 4. The van der Waals surface area contributed by atoms with Crippen LogP contribution in [0.15, 0.2) is 12.4 Å². The van der Waals surface area contributed by atoms with E-state index in [1.807, 2.05) is 19.4 Å². The zero-order valence-electron chi connectivity index (χ0n) is 13.2. The van der Waals surface area contributed by atoms with E-state index >= 15 is 0 Å². The van der Waals surface area contributed by atoms with E-state index in [1.165, 1.54) is 0 Å². The van der Waals surface area contributed by atoms with Crippen LogP contribution in [-0.4, -0.2) is 59.9 Å². The Bertz CT molecular complexity index is 497. The third-order valence-corrected chi connectivity index (χ3v) is 4.56. The van der Waals surface area contributed by atoms with E-state index in [2.05, 4.69) is 9.55 Å². The van der Waals surface area contributed by atoms with Gasteiger partial charge in [-0.05, 0) is 25.2 Å². The second-order valence-corrected chi connectivity index (χ2v) is 6.32. The Morgan fingerprint density at radius 2 is 2.45 bits per heavy atom. The van der Waals surface area contributed by atoms with Gasteiger partial charge >= 0.3 is 0 Å². The summed E-state index contributed by atoms with van der Waals surface area (Å²) in [5, 5.41) is 0. The van der Waals surface area contributed by atoms with E-state index in [9.17, 15) is 4.79 Å². The minimum absolute atomic E-state index is 0.0481. The van der Waals surface area contributed by atoms with Gasteiger partial charge in [0, 0.05) is 45.6 Å². The van der Waals surface area contributed by atoms with Gasteiger partial charge in [-0.2, -0.15) is 0 Å². The number of aryl methyl sites for hydroxylation is 1. The van der Waals surface area contributed by atoms with Crippen molar-refractivity contribution in [3.63, 3.8) is 0 Å². The lowest BCUT2D eigenvalue weighted by Gasteiger charge is -2.27. The first-order valence-corrected chi connectivity index (χ1v) is 8.15. The average molecular weight is 307 g/mol. The molecule has 0 bridgehead atoms. The molecule has 0 radical (unpaired) electrons. The van der Waals surface area contributed by atoms with E-state index in [4.69, 9.17) is 9.47 Å². The summed E-state index contributed by atoms with van der Waals surface area (Å²) in [6.07, 6.45) is 8.23. The minimum atomic E-state index is 0.0481. The van der Waals surface area contributed by atoms with Gasteiger partial charge in [0.05, 0.1) is 12.7 Å². The van der Waals surface area contributed by atoms with Crippen molar-refractivity contribution in [2.75, 3.05) is 33.4 Å². The molecule has 0 spiro atoms. The van der Waals surface area contributed by atoms with Gasteiger partial charge in [-0.3, -0.25) is 4.79 Å². The number of amides is 1. The molecule has 2 aliphatic heterocycles. The average Bonchev–Trinajstić information content (AvgIpc) is 3.17. The highest BCUT2D eigenvalue weighted by Gasteiger charge is 2.22. The summed E-state index contributed by atoms with van der Waals surface area (Å²) in [5.41, 5.74) is 0. The lowest BCUT2D eigenvalue weighted by atomic mass is 9.97. The SMILES string of the molecule is CN(CC1CCn2ccnc2C1)C(=O)COCC1CCCO1. The zero-order chi connectivity index (χ0) is 15.4. The largest absolute Gasteiger partial charge is 0.376 e. The molecule has 3 rings (SSSR count). The van der Waals surface area contributed by atoms with Crippen molar-refractivity contribution >= 4 is 5.91 Å². The molecule has 122 valence electrons. The topological polar surface area (TPSA) is 56.6 Å². The summed E-state index contributed by atoms with van der Waals surface area (Å²) in [5.74, 6) is 1.67. The van der Waals surface area contributed by atoms with Crippen molar-refractivity contribution < 1.29 is 14.3 Å². The van der Waals surface area contributed by atoms with Crippen LogP contribution in [0.3, 0.4) is 0 Å². The molecule has 2 aliphatic rings. The van der Waals surface area contributed by atoms with Crippen molar-refractivity contribution in [1.29, 1.82) is 0 Å². The van der Waals surface area contributed by atoms with Crippen molar-refractivity contribution in [3.8, 4) is 0 Å². The molecule has 2 atom stereocenters. The van der Waals surface area contributed by atoms with Crippen molar-refractivity contribution in [2.24, 2.45) is 5.92 Å². The molecule has 1 aromatic rings. The number of nitrogens with zero attached hydrogens (tertiary/aromatic N) is 3. The number of aromatic nitrogens is 2. The molecule has 1 saturated heterocycles. The lowest BCUT2D eigenvalue weighted by molar-refractivity contribution is -0.136. The van der Waals surface area contributed by atoms with Crippen molar-refractivity contribution in [3.05, 3.63) is 18.2 Å². The third-order valence-electron chi connectivity index (χ3n) is 4.56. The normalized spacial score (nSPS) is 24.2. The van der Waals surface area contributed by atoms with Crippen LogP contribution < -0.4 is 0 Å². The number of carbonyl (C=O) groups excluding carboxylic acids is 1. The van der Waals surface area contributed by atoms with E-state index in [1.54, 1.807) is 4.90 Å². The minimum Gasteiger partial charge on any atom is -0.376 e. The third kappa shape index (κ3) is 3.87.